The van der Waals surface area contributed by atoms with E-state index in [0.29, 0.717) is 18.7 Å². The third kappa shape index (κ3) is 4.33. The lowest BCUT2D eigenvalue weighted by Gasteiger charge is -2.30. The summed E-state index contributed by atoms with van der Waals surface area (Å²) in [5, 5.41) is 0.489. The minimum atomic E-state index is -0.0955. The zero-order valence-corrected chi connectivity index (χ0v) is 13.5. The van der Waals surface area contributed by atoms with Crippen LogP contribution in [0.2, 0.25) is 10.2 Å². The number of carbonyl (C=O) groups excluding carboxylic acids is 1. The molecule has 1 rings (SSSR count). The fourth-order valence-corrected chi connectivity index (χ4v) is 2.34. The number of hydrogen-bond donors (Lipinski definition) is 0. The fourth-order valence-electron chi connectivity index (χ4n) is 2.07. The molecule has 0 aliphatic rings. The Morgan fingerprint density at radius 2 is 2.05 bits per heavy atom. The number of nitrogens with zero attached hydrogens (tertiary/aromatic N) is 2. The van der Waals surface area contributed by atoms with Gasteiger partial charge in [-0.05, 0) is 18.9 Å². The smallest absolute Gasteiger partial charge is 0.255 e. The molecule has 20 heavy (non-hydrogen) atoms. The van der Waals surface area contributed by atoms with Crippen LogP contribution in [0.5, 0.6) is 0 Å². The normalized spacial score (nSPS) is 10.9. The van der Waals surface area contributed by atoms with E-state index in [9.17, 15) is 4.79 Å². The van der Waals surface area contributed by atoms with Gasteiger partial charge in [-0.25, -0.2) is 4.98 Å². The van der Waals surface area contributed by atoms with E-state index in [-0.39, 0.29) is 22.1 Å². The minimum absolute atomic E-state index is 0.0955. The Kier molecular flexibility index (Phi) is 7.27. The van der Waals surface area contributed by atoms with Crippen molar-refractivity contribution in [3.8, 4) is 0 Å². The van der Waals surface area contributed by atoms with E-state index in [2.05, 4.69) is 18.8 Å². The molecule has 1 aromatic heterocycles. The first-order valence-electron chi connectivity index (χ1n) is 6.66. The molecule has 0 aliphatic carbocycles. The molecule has 0 unspecified atom stereocenters. The second-order valence-electron chi connectivity index (χ2n) is 4.46. The van der Waals surface area contributed by atoms with Gasteiger partial charge in [0.05, 0.1) is 17.2 Å². The van der Waals surface area contributed by atoms with Gasteiger partial charge in [-0.2, -0.15) is 0 Å². The van der Waals surface area contributed by atoms with Gasteiger partial charge in [0.1, 0.15) is 5.15 Å². The van der Waals surface area contributed by atoms with Crippen LogP contribution < -0.4 is 0 Å². The van der Waals surface area contributed by atoms with Crippen LogP contribution in [0.15, 0.2) is 12.3 Å². The van der Waals surface area contributed by atoms with Crippen LogP contribution in [0.4, 0.5) is 0 Å². The lowest BCUT2D eigenvalue weighted by Crippen LogP contribution is -2.41. The standard InChI is InChI=1S/C14H20Cl2N2O2/c1-4-11(5-2)18(6-7-20-3)14(19)10-8-12(15)13(16)17-9-10/h8-9,11H,4-7H2,1-3H3. The molecule has 6 heteroatoms. The van der Waals surface area contributed by atoms with Crippen molar-refractivity contribution in [1.82, 2.24) is 9.88 Å². The van der Waals surface area contributed by atoms with E-state index >= 15 is 0 Å². The molecule has 112 valence electrons. The zero-order chi connectivity index (χ0) is 15.1. The molecule has 0 atom stereocenters. The maximum Gasteiger partial charge on any atom is 0.255 e. The van der Waals surface area contributed by atoms with Crippen LogP contribution in [0.3, 0.4) is 0 Å². The van der Waals surface area contributed by atoms with Crippen molar-refractivity contribution in [3.63, 3.8) is 0 Å². The van der Waals surface area contributed by atoms with Gasteiger partial charge in [0.15, 0.2) is 0 Å². The van der Waals surface area contributed by atoms with Gasteiger partial charge in [-0.1, -0.05) is 37.0 Å². The summed E-state index contributed by atoms with van der Waals surface area (Å²) in [6.45, 7) is 5.17. The van der Waals surface area contributed by atoms with Crippen molar-refractivity contribution < 1.29 is 9.53 Å². The van der Waals surface area contributed by atoms with Gasteiger partial charge in [0.25, 0.3) is 5.91 Å². The van der Waals surface area contributed by atoms with Crippen molar-refractivity contribution in [2.24, 2.45) is 0 Å². The van der Waals surface area contributed by atoms with Gasteiger partial charge in [-0.3, -0.25) is 4.79 Å². The molecule has 0 spiro atoms. The van der Waals surface area contributed by atoms with Crippen LogP contribution in [0.25, 0.3) is 0 Å². The first-order chi connectivity index (χ1) is 9.54. The lowest BCUT2D eigenvalue weighted by molar-refractivity contribution is 0.0589. The number of methoxy groups -OCH3 is 1. The highest BCUT2D eigenvalue weighted by Crippen LogP contribution is 2.21. The summed E-state index contributed by atoms with van der Waals surface area (Å²) in [6, 6.07) is 1.73. The third-order valence-electron chi connectivity index (χ3n) is 3.22. The van der Waals surface area contributed by atoms with Crippen molar-refractivity contribution in [1.29, 1.82) is 0 Å². The minimum Gasteiger partial charge on any atom is -0.383 e. The monoisotopic (exact) mass is 318 g/mol. The predicted molar refractivity (Wildman–Crippen MR) is 81.5 cm³/mol. The zero-order valence-electron chi connectivity index (χ0n) is 12.0. The Morgan fingerprint density at radius 1 is 1.40 bits per heavy atom. The molecule has 0 N–H and O–H groups in total. The molecule has 0 aromatic carbocycles. The van der Waals surface area contributed by atoms with Gasteiger partial charge < -0.3 is 9.64 Å². The predicted octanol–water partition coefficient (Wildman–Crippen LogP) is 3.67. The first-order valence-corrected chi connectivity index (χ1v) is 7.41. The number of rotatable bonds is 7. The molecule has 4 nitrogen and oxygen atoms in total. The quantitative estimate of drug-likeness (QED) is 0.720. The van der Waals surface area contributed by atoms with Crippen molar-refractivity contribution in [2.45, 2.75) is 32.7 Å². The number of halogens is 2. The molecule has 0 radical (unpaired) electrons. The largest absolute Gasteiger partial charge is 0.383 e. The molecule has 1 amide bonds. The van der Waals surface area contributed by atoms with Crippen LogP contribution in [-0.2, 0) is 4.74 Å². The highest BCUT2D eigenvalue weighted by Gasteiger charge is 2.23. The van der Waals surface area contributed by atoms with E-state index in [0.717, 1.165) is 12.8 Å². The highest BCUT2D eigenvalue weighted by atomic mass is 35.5. The number of pyridine rings is 1. The van der Waals surface area contributed by atoms with E-state index in [1.807, 2.05) is 4.90 Å². The van der Waals surface area contributed by atoms with Gasteiger partial charge in [0, 0.05) is 25.9 Å². The lowest BCUT2D eigenvalue weighted by atomic mass is 10.1. The SMILES string of the molecule is CCC(CC)N(CCOC)C(=O)c1cnc(Cl)c(Cl)c1. The molecule has 0 bridgehead atoms. The van der Waals surface area contributed by atoms with E-state index in [1.165, 1.54) is 6.20 Å². The van der Waals surface area contributed by atoms with Gasteiger partial charge in [-0.15, -0.1) is 0 Å². The second kappa shape index (κ2) is 8.45. The molecule has 1 heterocycles. The number of amides is 1. The topological polar surface area (TPSA) is 42.4 Å². The van der Waals surface area contributed by atoms with Crippen molar-refractivity contribution >= 4 is 29.1 Å². The molecule has 0 aliphatic heterocycles. The summed E-state index contributed by atoms with van der Waals surface area (Å²) in [5.41, 5.74) is 0.447. The third-order valence-corrected chi connectivity index (χ3v) is 3.91. The van der Waals surface area contributed by atoms with Crippen LogP contribution in [0, 0.1) is 0 Å². The van der Waals surface area contributed by atoms with Crippen LogP contribution >= 0.6 is 23.2 Å². The Morgan fingerprint density at radius 3 is 2.55 bits per heavy atom. The summed E-state index contributed by atoms with van der Waals surface area (Å²) in [7, 11) is 1.62. The van der Waals surface area contributed by atoms with E-state index in [4.69, 9.17) is 27.9 Å². The Bertz CT molecular complexity index is 451. The molecular weight excluding hydrogens is 299 g/mol. The molecule has 0 saturated carbocycles. The summed E-state index contributed by atoms with van der Waals surface area (Å²) in [5.74, 6) is -0.0955. The molecule has 0 saturated heterocycles. The van der Waals surface area contributed by atoms with Crippen molar-refractivity contribution in [3.05, 3.63) is 28.0 Å². The van der Waals surface area contributed by atoms with E-state index < -0.39 is 0 Å². The summed E-state index contributed by atoms with van der Waals surface area (Å²) < 4.78 is 5.08. The fraction of sp³-hybridized carbons (Fsp3) is 0.571. The summed E-state index contributed by atoms with van der Waals surface area (Å²) in [4.78, 5) is 18.3. The Balaban J connectivity index is 2.99. The maximum absolute atomic E-state index is 12.6. The average Bonchev–Trinajstić information content (AvgIpc) is 2.45. The molecule has 1 aromatic rings. The summed E-state index contributed by atoms with van der Waals surface area (Å²) >= 11 is 11.7. The number of hydrogen-bond acceptors (Lipinski definition) is 3. The second-order valence-corrected chi connectivity index (χ2v) is 5.22. The first kappa shape index (κ1) is 17.2. The number of ether oxygens (including phenoxy) is 1. The van der Waals surface area contributed by atoms with Crippen LogP contribution in [0.1, 0.15) is 37.0 Å². The van der Waals surface area contributed by atoms with E-state index in [1.54, 1.807) is 13.2 Å². The number of carbonyl (C=O) groups is 1. The average molecular weight is 319 g/mol. The van der Waals surface area contributed by atoms with Crippen molar-refractivity contribution in [2.75, 3.05) is 20.3 Å². The van der Waals surface area contributed by atoms with Gasteiger partial charge >= 0.3 is 0 Å². The van der Waals surface area contributed by atoms with Gasteiger partial charge in [0.2, 0.25) is 0 Å². The molecule has 0 fully saturated rings. The maximum atomic E-state index is 12.6. The Labute approximate surface area is 130 Å². The Hall–Kier alpha value is -0.840. The summed E-state index contributed by atoms with van der Waals surface area (Å²) in [6.07, 6.45) is 3.24. The molecular formula is C14H20Cl2N2O2. The van der Waals surface area contributed by atoms with Crippen LogP contribution in [-0.4, -0.2) is 42.1 Å². The number of aromatic nitrogens is 1. The highest BCUT2D eigenvalue weighted by molar-refractivity contribution is 6.41.